The molecule has 0 aliphatic heterocycles. The van der Waals surface area contributed by atoms with E-state index in [0.717, 1.165) is 0 Å². The first-order chi connectivity index (χ1) is 30.6. The van der Waals surface area contributed by atoms with Crippen molar-refractivity contribution in [1.29, 1.82) is 0 Å². The van der Waals surface area contributed by atoms with E-state index >= 15 is 0 Å². The summed E-state index contributed by atoms with van der Waals surface area (Å²) in [6.45, 7) is 0. The van der Waals surface area contributed by atoms with Gasteiger partial charge in [0.05, 0.1) is 0 Å². The summed E-state index contributed by atoms with van der Waals surface area (Å²) < 4.78 is 142. The van der Waals surface area contributed by atoms with Crippen LogP contribution in [0.2, 0.25) is 0 Å². The molecule has 0 fully saturated rings. The van der Waals surface area contributed by atoms with E-state index in [9.17, 15) is 91.0 Å². The molecule has 9 nitrogen and oxygen atoms in total. The van der Waals surface area contributed by atoms with Crippen molar-refractivity contribution >= 4 is 46.3 Å². The van der Waals surface area contributed by atoms with E-state index in [1.54, 1.807) is 36.7 Å². The largest absolute Gasteiger partial charge is 3.00 e. The zero-order valence-corrected chi connectivity index (χ0v) is 35.8. The summed E-state index contributed by atoms with van der Waals surface area (Å²) in [6, 6.07) is 34.8. The number of aromatic nitrogens is 1. The van der Waals surface area contributed by atoms with Crippen LogP contribution in [0.1, 0.15) is 42.9 Å². The number of ketones is 8. The number of alkyl halides is 12. The van der Waals surface area contributed by atoms with Crippen LogP contribution in [0.3, 0.4) is 0 Å². The maximum Gasteiger partial charge on any atom is 3.00 e. The maximum absolute atomic E-state index is 11.8. The van der Waals surface area contributed by atoms with Crippen LogP contribution in [0.15, 0.2) is 152 Å². The number of nitrogens with zero attached hydrogens (tertiary/aromatic N) is 1. The van der Waals surface area contributed by atoms with Crippen LogP contribution < -0.4 is 0 Å². The van der Waals surface area contributed by atoms with E-state index < -0.39 is 71.0 Å². The molecule has 0 atom stereocenters. The third-order valence-electron chi connectivity index (χ3n) is 6.97. The predicted molar refractivity (Wildman–Crippen MR) is 210 cm³/mol. The van der Waals surface area contributed by atoms with E-state index in [-0.39, 0.29) is 98.7 Å². The van der Waals surface area contributed by atoms with Crippen molar-refractivity contribution < 1.29 is 142 Å². The molecule has 0 spiro atoms. The summed E-state index contributed by atoms with van der Waals surface area (Å²) >= 11 is 0. The number of carbonyl (C=O) groups excluding carboxylic acids is 8. The minimum Gasteiger partial charge on any atom is -0.331 e. The van der Waals surface area contributed by atoms with Crippen molar-refractivity contribution in [3.63, 3.8) is 0 Å². The molecule has 0 amide bonds. The Balaban J connectivity index is 0. The molecule has 5 aromatic rings. The standard InChI is InChI=1S/4C10H6F3O2.C5H5N.Eu/c4*11-10(12,13)9(15)6-8(14)7-4-2-1-3-5-7;1-2-4-6-5-3-1;/h4*1-6H;1-5H;/q4*-1;;+3/p+1. The van der Waals surface area contributed by atoms with Gasteiger partial charge in [-0.3, -0.25) is 4.98 Å². The molecule has 67 heavy (non-hydrogen) atoms. The minimum atomic E-state index is -5.00. The first-order valence-corrected chi connectivity index (χ1v) is 17.7. The minimum absolute atomic E-state index is 0. The SMILES string of the molecule is O=C([CH-]C(=O)C(F)(F)F)c1ccccc1.O=C([CH-]C(=O)C(F)(F)F)c1ccccc1.O=C([CH-]C(=O)C(F)(F)F)c1ccccc1.O=C([CH-]C(=O)C(F)(F)F)c1ccccc1.[Eu+3].[H+].c1ccncc1. The van der Waals surface area contributed by atoms with Gasteiger partial charge in [0.15, 0.2) is 23.1 Å². The predicted octanol–water partition coefficient (Wildman–Crippen LogP) is 10.0. The Bertz CT molecular complexity index is 2020. The zero-order valence-electron chi connectivity index (χ0n) is 34.4. The van der Waals surface area contributed by atoms with Gasteiger partial charge in [0.1, 0.15) is 0 Å². The molecular formula is C45H30EuF12NO8. The van der Waals surface area contributed by atoms with Gasteiger partial charge in [-0.05, 0) is 12.1 Å². The quantitative estimate of drug-likeness (QED) is 0.0515. The van der Waals surface area contributed by atoms with Crippen molar-refractivity contribution in [2.24, 2.45) is 0 Å². The molecule has 354 valence electrons. The average molecular weight is 1090 g/mol. The first kappa shape index (κ1) is 60.6. The summed E-state index contributed by atoms with van der Waals surface area (Å²) in [5.41, 5.74) is 0.204. The van der Waals surface area contributed by atoms with E-state index in [4.69, 9.17) is 0 Å². The Morgan fingerprint density at radius 3 is 0.597 bits per heavy atom. The number of pyridine rings is 1. The molecule has 0 aliphatic rings. The van der Waals surface area contributed by atoms with Gasteiger partial charge in [0.25, 0.3) is 0 Å². The molecule has 22 heteroatoms. The van der Waals surface area contributed by atoms with Gasteiger partial charge in [-0.1, -0.05) is 78.9 Å². The van der Waals surface area contributed by atoms with Gasteiger partial charge in [-0.2, -0.15) is 52.7 Å². The van der Waals surface area contributed by atoms with E-state index in [2.05, 4.69) is 4.98 Å². The molecule has 0 saturated carbocycles. The fourth-order valence-electron chi connectivity index (χ4n) is 3.86. The summed E-state index contributed by atoms with van der Waals surface area (Å²) in [7, 11) is 0. The van der Waals surface area contributed by atoms with Crippen LogP contribution in [0.4, 0.5) is 52.7 Å². The Kier molecular flexibility index (Phi) is 26.5. The number of carbonyl (C=O) groups is 8. The van der Waals surface area contributed by atoms with E-state index in [1.165, 1.54) is 97.1 Å². The van der Waals surface area contributed by atoms with Crippen molar-refractivity contribution in [3.8, 4) is 0 Å². The summed E-state index contributed by atoms with van der Waals surface area (Å²) in [4.78, 5) is 90.1. The Morgan fingerprint density at radius 2 is 0.478 bits per heavy atom. The second kappa shape index (κ2) is 29.3. The Labute approximate surface area is 415 Å². The molecule has 0 N–H and O–H groups in total. The van der Waals surface area contributed by atoms with Crippen LogP contribution in [-0.4, -0.2) is 76.0 Å². The normalized spacial score (nSPS) is 10.4. The van der Waals surface area contributed by atoms with Crippen LogP contribution >= 0.6 is 0 Å². The Morgan fingerprint density at radius 1 is 0.313 bits per heavy atom. The van der Waals surface area contributed by atoms with Crippen LogP contribution in [0.5, 0.6) is 0 Å². The first-order valence-electron chi connectivity index (χ1n) is 17.7. The average Bonchev–Trinajstić information content (AvgIpc) is 3.27. The van der Waals surface area contributed by atoms with Gasteiger partial charge in [-0.25, -0.2) is 0 Å². The molecule has 0 aliphatic carbocycles. The third kappa shape index (κ3) is 25.8. The Hall–Kier alpha value is -6.39. The molecule has 1 aromatic heterocycles. The third-order valence-corrected chi connectivity index (χ3v) is 6.97. The molecule has 0 bridgehead atoms. The van der Waals surface area contributed by atoms with Crippen LogP contribution in [0.25, 0.3) is 0 Å². The smallest absolute Gasteiger partial charge is 0.331 e. The molecule has 0 saturated heterocycles. The van der Waals surface area contributed by atoms with Gasteiger partial charge in [0, 0.05) is 35.5 Å². The van der Waals surface area contributed by atoms with Crippen molar-refractivity contribution in [3.05, 3.63) is 200 Å². The van der Waals surface area contributed by atoms with Gasteiger partial charge in [0.2, 0.25) is 0 Å². The summed E-state index contributed by atoms with van der Waals surface area (Å²) in [6.07, 6.45) is -16.3. The second-order valence-corrected chi connectivity index (χ2v) is 12.0. The fraction of sp³-hybridized carbons (Fsp3) is 0.0889. The van der Waals surface area contributed by atoms with Gasteiger partial charge >= 0.3 is 75.5 Å². The number of Topliss-reactive ketones (excluding diaryl/α,β-unsaturated/α-hetero) is 8. The molecule has 0 unspecified atom stereocenters. The monoisotopic (exact) mass is 1090 g/mol. The molecule has 4 aromatic carbocycles. The number of rotatable bonds is 12. The molecule has 0 radical (unpaired) electrons. The topological polar surface area (TPSA) is 149 Å². The zero-order chi connectivity index (χ0) is 50.1. The maximum atomic E-state index is 11.8. The van der Waals surface area contributed by atoms with Crippen LogP contribution in [0, 0.1) is 75.1 Å². The fourth-order valence-corrected chi connectivity index (χ4v) is 3.86. The number of hydrogen-bond donors (Lipinski definition) is 0. The van der Waals surface area contributed by atoms with E-state index in [1.807, 2.05) is 18.2 Å². The van der Waals surface area contributed by atoms with E-state index in [0.29, 0.717) is 0 Å². The number of benzene rings is 4. The van der Waals surface area contributed by atoms with Crippen molar-refractivity contribution in [1.82, 2.24) is 4.98 Å². The van der Waals surface area contributed by atoms with Crippen LogP contribution in [-0.2, 0) is 19.2 Å². The molecular weight excluding hydrogens is 1060 g/mol. The molecule has 1 heterocycles. The number of halogens is 12. The van der Waals surface area contributed by atoms with Gasteiger partial charge in [-0.15, -0.1) is 96.5 Å². The summed E-state index contributed by atoms with van der Waals surface area (Å²) in [5.74, 6) is -12.4. The van der Waals surface area contributed by atoms with Crippen molar-refractivity contribution in [2.45, 2.75) is 24.7 Å². The van der Waals surface area contributed by atoms with Crippen molar-refractivity contribution in [2.75, 3.05) is 0 Å². The number of hydrogen-bond acceptors (Lipinski definition) is 9. The molecule has 5 rings (SSSR count). The second-order valence-electron chi connectivity index (χ2n) is 12.0. The summed E-state index contributed by atoms with van der Waals surface area (Å²) in [5, 5.41) is 0. The van der Waals surface area contributed by atoms with Gasteiger partial charge < -0.3 is 38.4 Å².